The Balaban J connectivity index is 0.00000182. The molecular formula is C17H28Cl2N6OS. The molecule has 1 fully saturated rings. The molecule has 0 radical (unpaired) electrons. The molecule has 0 saturated carbocycles. The lowest BCUT2D eigenvalue weighted by Gasteiger charge is -2.23. The minimum Gasteiger partial charge on any atom is -0.350 e. The van der Waals surface area contributed by atoms with Crippen LogP contribution >= 0.6 is 36.2 Å². The maximum absolute atomic E-state index is 12.4. The topological polar surface area (TPSA) is 84.7 Å². The van der Waals surface area contributed by atoms with E-state index in [1.807, 2.05) is 11.6 Å². The van der Waals surface area contributed by atoms with Gasteiger partial charge in [0.2, 0.25) is 0 Å². The van der Waals surface area contributed by atoms with E-state index in [1.54, 1.807) is 11.3 Å². The zero-order valence-corrected chi connectivity index (χ0v) is 18.3. The fraction of sp³-hybridized carbons (Fsp3) is 0.647. The van der Waals surface area contributed by atoms with Crippen molar-refractivity contribution in [3.63, 3.8) is 0 Å². The third kappa shape index (κ3) is 5.88. The van der Waals surface area contributed by atoms with Crippen LogP contribution in [0.15, 0.2) is 5.38 Å². The molecule has 3 rings (SSSR count). The third-order valence-electron chi connectivity index (χ3n) is 4.53. The van der Waals surface area contributed by atoms with E-state index in [9.17, 15) is 4.79 Å². The molecule has 0 unspecified atom stereocenters. The molecule has 2 N–H and O–H groups in total. The van der Waals surface area contributed by atoms with Gasteiger partial charge in [-0.2, -0.15) is 0 Å². The predicted octanol–water partition coefficient (Wildman–Crippen LogP) is 2.91. The molecule has 7 nitrogen and oxygen atoms in total. The smallest absolute Gasteiger partial charge is 0.273 e. The molecule has 1 saturated heterocycles. The Morgan fingerprint density at radius 2 is 2.07 bits per heavy atom. The first kappa shape index (κ1) is 23.8. The Kier molecular flexibility index (Phi) is 9.66. The van der Waals surface area contributed by atoms with Crippen LogP contribution in [0.3, 0.4) is 0 Å². The average molecular weight is 435 g/mol. The summed E-state index contributed by atoms with van der Waals surface area (Å²) in [6.07, 6.45) is 2.77. The number of hydrogen-bond acceptors (Lipinski definition) is 6. The highest BCUT2D eigenvalue weighted by Crippen LogP contribution is 2.21. The first-order valence-corrected chi connectivity index (χ1v) is 9.79. The summed E-state index contributed by atoms with van der Waals surface area (Å²) in [5.74, 6) is 0.290. The van der Waals surface area contributed by atoms with Crippen LogP contribution in [-0.2, 0) is 6.42 Å². The number of rotatable bonds is 6. The molecule has 0 atom stereocenters. The summed E-state index contributed by atoms with van der Waals surface area (Å²) in [6, 6.07) is 0.333. The third-order valence-corrected chi connectivity index (χ3v) is 5.72. The van der Waals surface area contributed by atoms with Gasteiger partial charge in [0.05, 0.1) is 22.4 Å². The molecule has 0 aliphatic carbocycles. The number of carbonyl (C=O) groups is 1. The van der Waals surface area contributed by atoms with Crippen LogP contribution in [0.1, 0.15) is 65.5 Å². The molecule has 3 heterocycles. The van der Waals surface area contributed by atoms with Gasteiger partial charge in [0.1, 0.15) is 0 Å². The second kappa shape index (κ2) is 10.9. The van der Waals surface area contributed by atoms with Crippen LogP contribution in [-0.4, -0.2) is 45.5 Å². The Morgan fingerprint density at radius 1 is 1.37 bits per heavy atom. The SMILES string of the molecule is Cc1c(C(=O)NCCc2csc(C(C)C)n2)nnn1C1CCNCC1.Cl.Cl. The number of aromatic nitrogens is 4. The molecule has 1 amide bonds. The van der Waals surface area contributed by atoms with E-state index in [1.165, 1.54) is 0 Å². The maximum Gasteiger partial charge on any atom is 0.273 e. The first-order chi connectivity index (χ1) is 12.1. The highest BCUT2D eigenvalue weighted by Gasteiger charge is 2.22. The van der Waals surface area contributed by atoms with Gasteiger partial charge in [0.25, 0.3) is 5.91 Å². The zero-order chi connectivity index (χ0) is 17.8. The molecule has 1 aliphatic heterocycles. The van der Waals surface area contributed by atoms with Crippen molar-refractivity contribution >= 4 is 42.1 Å². The average Bonchev–Trinajstić information content (AvgIpc) is 3.22. The summed E-state index contributed by atoms with van der Waals surface area (Å²) < 4.78 is 1.91. The van der Waals surface area contributed by atoms with Crippen molar-refractivity contribution in [2.45, 2.75) is 52.0 Å². The summed E-state index contributed by atoms with van der Waals surface area (Å²) in [4.78, 5) is 17.0. The Morgan fingerprint density at radius 3 is 2.70 bits per heavy atom. The lowest BCUT2D eigenvalue weighted by Crippen LogP contribution is -2.30. The van der Waals surface area contributed by atoms with Crippen LogP contribution in [0.25, 0.3) is 0 Å². The van der Waals surface area contributed by atoms with Crippen molar-refractivity contribution in [2.75, 3.05) is 19.6 Å². The van der Waals surface area contributed by atoms with Gasteiger partial charge in [-0.3, -0.25) is 4.79 Å². The number of amides is 1. The molecular weight excluding hydrogens is 407 g/mol. The van der Waals surface area contributed by atoms with Gasteiger partial charge in [-0.05, 0) is 32.9 Å². The Hall–Kier alpha value is -1.22. The van der Waals surface area contributed by atoms with E-state index in [2.05, 4.69) is 45.2 Å². The normalized spacial score (nSPS) is 14.5. The van der Waals surface area contributed by atoms with E-state index in [0.29, 0.717) is 24.2 Å². The van der Waals surface area contributed by atoms with E-state index < -0.39 is 0 Å². The van der Waals surface area contributed by atoms with Gasteiger partial charge >= 0.3 is 0 Å². The fourth-order valence-electron chi connectivity index (χ4n) is 3.04. The molecule has 27 heavy (non-hydrogen) atoms. The van der Waals surface area contributed by atoms with Crippen LogP contribution < -0.4 is 10.6 Å². The fourth-order valence-corrected chi connectivity index (χ4v) is 3.91. The summed E-state index contributed by atoms with van der Waals surface area (Å²) in [6.45, 7) is 8.72. The predicted molar refractivity (Wildman–Crippen MR) is 113 cm³/mol. The summed E-state index contributed by atoms with van der Waals surface area (Å²) in [5, 5.41) is 17.8. The van der Waals surface area contributed by atoms with E-state index in [4.69, 9.17) is 0 Å². The van der Waals surface area contributed by atoms with E-state index in [0.717, 1.165) is 48.7 Å². The number of halogens is 2. The van der Waals surface area contributed by atoms with Gasteiger partial charge in [-0.15, -0.1) is 41.2 Å². The number of piperidine rings is 1. The lowest BCUT2D eigenvalue weighted by atomic mass is 10.1. The Labute approximate surface area is 176 Å². The van der Waals surface area contributed by atoms with Gasteiger partial charge < -0.3 is 10.6 Å². The highest BCUT2D eigenvalue weighted by atomic mass is 35.5. The first-order valence-electron chi connectivity index (χ1n) is 8.91. The van der Waals surface area contributed by atoms with E-state index in [-0.39, 0.29) is 30.7 Å². The lowest BCUT2D eigenvalue weighted by molar-refractivity contribution is 0.0948. The van der Waals surface area contributed by atoms with Gasteiger partial charge in [0, 0.05) is 24.3 Å². The molecule has 0 bridgehead atoms. The molecule has 0 spiro atoms. The number of nitrogens with zero attached hydrogens (tertiary/aromatic N) is 4. The second-order valence-electron chi connectivity index (χ2n) is 6.79. The molecule has 10 heteroatoms. The quantitative estimate of drug-likeness (QED) is 0.729. The van der Waals surface area contributed by atoms with Crippen molar-refractivity contribution in [3.8, 4) is 0 Å². The van der Waals surface area contributed by atoms with E-state index >= 15 is 0 Å². The number of thiazole rings is 1. The van der Waals surface area contributed by atoms with Crippen molar-refractivity contribution in [2.24, 2.45) is 0 Å². The minimum absolute atomic E-state index is 0. The van der Waals surface area contributed by atoms with Crippen LogP contribution in [0.2, 0.25) is 0 Å². The van der Waals surface area contributed by atoms with Crippen LogP contribution in [0.5, 0.6) is 0 Å². The molecule has 1 aliphatic rings. The van der Waals surface area contributed by atoms with Gasteiger partial charge in [-0.25, -0.2) is 9.67 Å². The molecule has 2 aromatic heterocycles. The Bertz CT molecular complexity index is 727. The van der Waals surface area contributed by atoms with Crippen molar-refractivity contribution in [1.29, 1.82) is 0 Å². The maximum atomic E-state index is 12.4. The number of carbonyl (C=O) groups excluding carboxylic acids is 1. The highest BCUT2D eigenvalue weighted by molar-refractivity contribution is 7.09. The zero-order valence-electron chi connectivity index (χ0n) is 15.9. The van der Waals surface area contributed by atoms with Gasteiger partial charge in [0.15, 0.2) is 5.69 Å². The van der Waals surface area contributed by atoms with Gasteiger partial charge in [-0.1, -0.05) is 19.1 Å². The second-order valence-corrected chi connectivity index (χ2v) is 7.68. The molecule has 2 aromatic rings. The monoisotopic (exact) mass is 434 g/mol. The standard InChI is InChI=1S/C17H26N6OS.2ClH/c1-11(2)17-20-13(10-25-17)4-9-19-16(24)15-12(3)23(22-21-15)14-5-7-18-8-6-14;;/h10-11,14,18H,4-9H2,1-3H3,(H,19,24);2*1H. The molecule has 152 valence electrons. The summed E-state index contributed by atoms with van der Waals surface area (Å²) in [7, 11) is 0. The summed E-state index contributed by atoms with van der Waals surface area (Å²) >= 11 is 1.68. The molecule has 0 aromatic carbocycles. The number of nitrogens with one attached hydrogen (secondary N) is 2. The van der Waals surface area contributed by atoms with Crippen molar-refractivity contribution < 1.29 is 4.79 Å². The van der Waals surface area contributed by atoms with Crippen molar-refractivity contribution in [1.82, 2.24) is 30.6 Å². The van der Waals surface area contributed by atoms with Crippen LogP contribution in [0.4, 0.5) is 0 Å². The largest absolute Gasteiger partial charge is 0.350 e. The summed E-state index contributed by atoms with van der Waals surface area (Å²) in [5.41, 5.74) is 2.31. The minimum atomic E-state index is -0.156. The van der Waals surface area contributed by atoms with Crippen molar-refractivity contribution in [3.05, 3.63) is 27.5 Å². The number of hydrogen-bond donors (Lipinski definition) is 2. The van der Waals surface area contributed by atoms with Crippen LogP contribution in [0, 0.1) is 6.92 Å².